The van der Waals surface area contributed by atoms with Crippen LogP contribution in [0.15, 0.2) is 28.7 Å². The minimum Gasteiger partial charge on any atom is -0.487 e. The van der Waals surface area contributed by atoms with Crippen LogP contribution in [0, 0.1) is 0 Å². The monoisotopic (exact) mass is 352 g/mol. The summed E-state index contributed by atoms with van der Waals surface area (Å²) in [5.74, 6) is 0.710. The van der Waals surface area contributed by atoms with Crippen molar-refractivity contribution in [1.29, 1.82) is 0 Å². The molecule has 5 heteroatoms. The Kier molecular flexibility index (Phi) is 5.42. The molecule has 0 fully saturated rings. The summed E-state index contributed by atoms with van der Waals surface area (Å²) < 4.78 is 8.88. The van der Waals surface area contributed by atoms with E-state index in [-0.39, 0.29) is 0 Å². The Labute approximate surface area is 133 Å². The van der Waals surface area contributed by atoms with Crippen molar-refractivity contribution in [2.75, 3.05) is 0 Å². The van der Waals surface area contributed by atoms with E-state index in [2.05, 4.69) is 34.9 Å². The van der Waals surface area contributed by atoms with Crippen LogP contribution >= 0.6 is 15.9 Å². The molecule has 1 atom stereocenters. The molecule has 2 aromatic rings. The summed E-state index contributed by atoms with van der Waals surface area (Å²) in [5.41, 5.74) is 2.86. The van der Waals surface area contributed by atoms with Gasteiger partial charge in [0.1, 0.15) is 12.4 Å². The number of hydrogen-bond acceptors (Lipinski definition) is 3. The van der Waals surface area contributed by atoms with Gasteiger partial charge in [0.15, 0.2) is 0 Å². The van der Waals surface area contributed by atoms with E-state index in [1.165, 1.54) is 0 Å². The van der Waals surface area contributed by atoms with E-state index >= 15 is 0 Å². The molecule has 114 valence electrons. The molecule has 0 spiro atoms. The number of benzene rings is 1. The number of aryl methyl sites for hydroxylation is 2. The Morgan fingerprint density at radius 2 is 2.05 bits per heavy atom. The molecule has 0 aliphatic rings. The van der Waals surface area contributed by atoms with Crippen LogP contribution in [0.4, 0.5) is 0 Å². The molecule has 4 nitrogen and oxygen atoms in total. The molecule has 0 bridgehead atoms. The maximum absolute atomic E-state index is 9.79. The summed E-state index contributed by atoms with van der Waals surface area (Å²) in [4.78, 5) is 0. The summed E-state index contributed by atoms with van der Waals surface area (Å²) in [5, 5.41) is 14.3. The van der Waals surface area contributed by atoms with Gasteiger partial charge in [0, 0.05) is 12.1 Å². The van der Waals surface area contributed by atoms with Gasteiger partial charge in [-0.2, -0.15) is 5.10 Å². The molecule has 1 heterocycles. The van der Waals surface area contributed by atoms with Crippen LogP contribution in [0.3, 0.4) is 0 Å². The number of ether oxygens (including phenoxy) is 1. The molecule has 0 amide bonds. The van der Waals surface area contributed by atoms with Crippen LogP contribution in [0.25, 0.3) is 0 Å². The number of rotatable bonds is 6. The Balaban J connectivity index is 2.23. The molecule has 1 N–H and O–H groups in total. The first-order valence-corrected chi connectivity index (χ1v) is 8.01. The van der Waals surface area contributed by atoms with Crippen LogP contribution < -0.4 is 4.74 Å². The molecule has 0 saturated carbocycles. The molecule has 0 aliphatic heterocycles. The minimum atomic E-state index is -0.549. The number of halogens is 1. The van der Waals surface area contributed by atoms with Crippen LogP contribution in [0.1, 0.15) is 43.8 Å². The zero-order valence-corrected chi connectivity index (χ0v) is 14.2. The standard InChI is InChI=1S/C16H21BrN2O2/c1-4-13-16(17)14(19(5-2)18-13)10-21-15-9-7-6-8-12(15)11(3)20/h6-9,11,20H,4-5,10H2,1-3H3/t11-/m1/s1. The van der Waals surface area contributed by atoms with Gasteiger partial charge in [-0.1, -0.05) is 25.1 Å². The van der Waals surface area contributed by atoms with Crippen molar-refractivity contribution in [3.05, 3.63) is 45.7 Å². The van der Waals surface area contributed by atoms with Crippen molar-refractivity contribution in [3.63, 3.8) is 0 Å². The third-order valence-corrected chi connectivity index (χ3v) is 4.34. The van der Waals surface area contributed by atoms with Gasteiger partial charge in [-0.05, 0) is 42.3 Å². The molecule has 0 unspecified atom stereocenters. The highest BCUT2D eigenvalue weighted by Crippen LogP contribution is 2.28. The Hall–Kier alpha value is -1.33. The number of aliphatic hydroxyl groups excluding tert-OH is 1. The normalized spacial score (nSPS) is 12.4. The molecule has 21 heavy (non-hydrogen) atoms. The number of nitrogens with zero attached hydrogens (tertiary/aromatic N) is 2. The number of hydrogen-bond donors (Lipinski definition) is 1. The maximum atomic E-state index is 9.79. The first-order valence-electron chi connectivity index (χ1n) is 7.22. The molecule has 0 radical (unpaired) electrons. The van der Waals surface area contributed by atoms with Crippen LogP contribution in [0.2, 0.25) is 0 Å². The second-order valence-electron chi connectivity index (χ2n) is 4.88. The summed E-state index contributed by atoms with van der Waals surface area (Å²) >= 11 is 3.61. The number of para-hydroxylation sites is 1. The van der Waals surface area contributed by atoms with Gasteiger partial charge in [-0.25, -0.2) is 0 Å². The van der Waals surface area contributed by atoms with Crippen molar-refractivity contribution >= 4 is 15.9 Å². The molecule has 2 rings (SSSR count). The Bertz CT molecular complexity index is 608. The third kappa shape index (κ3) is 3.47. The third-order valence-electron chi connectivity index (χ3n) is 3.43. The second-order valence-corrected chi connectivity index (χ2v) is 5.67. The van der Waals surface area contributed by atoms with E-state index in [9.17, 15) is 5.11 Å². The summed E-state index contributed by atoms with van der Waals surface area (Å²) in [6.45, 7) is 7.11. The van der Waals surface area contributed by atoms with Crippen LogP contribution in [-0.4, -0.2) is 14.9 Å². The predicted octanol–water partition coefficient (Wildman–Crippen LogP) is 3.86. The summed E-state index contributed by atoms with van der Waals surface area (Å²) in [6.07, 6.45) is 0.331. The summed E-state index contributed by atoms with van der Waals surface area (Å²) in [7, 11) is 0. The predicted molar refractivity (Wildman–Crippen MR) is 86.4 cm³/mol. The lowest BCUT2D eigenvalue weighted by Crippen LogP contribution is -2.08. The zero-order valence-electron chi connectivity index (χ0n) is 12.6. The van der Waals surface area contributed by atoms with Crippen molar-refractivity contribution in [3.8, 4) is 5.75 Å². The van der Waals surface area contributed by atoms with Crippen molar-refractivity contribution < 1.29 is 9.84 Å². The Morgan fingerprint density at radius 1 is 1.33 bits per heavy atom. The van der Waals surface area contributed by atoms with E-state index < -0.39 is 6.10 Å². The van der Waals surface area contributed by atoms with Crippen LogP contribution in [0.5, 0.6) is 5.75 Å². The molecule has 1 aromatic heterocycles. The molecular weight excluding hydrogens is 332 g/mol. The smallest absolute Gasteiger partial charge is 0.131 e. The lowest BCUT2D eigenvalue weighted by atomic mass is 10.1. The van der Waals surface area contributed by atoms with Gasteiger partial charge in [0.25, 0.3) is 0 Å². The molecule has 1 aromatic carbocycles. The van der Waals surface area contributed by atoms with Gasteiger partial charge in [-0.15, -0.1) is 0 Å². The lowest BCUT2D eigenvalue weighted by molar-refractivity contribution is 0.189. The van der Waals surface area contributed by atoms with Crippen molar-refractivity contribution in [2.45, 2.75) is 46.4 Å². The highest BCUT2D eigenvalue weighted by Gasteiger charge is 2.15. The molecule has 0 saturated heterocycles. The van der Waals surface area contributed by atoms with Crippen LogP contribution in [-0.2, 0) is 19.6 Å². The highest BCUT2D eigenvalue weighted by atomic mass is 79.9. The fraction of sp³-hybridized carbons (Fsp3) is 0.438. The van der Waals surface area contributed by atoms with Gasteiger partial charge < -0.3 is 9.84 Å². The van der Waals surface area contributed by atoms with Crippen molar-refractivity contribution in [2.24, 2.45) is 0 Å². The highest BCUT2D eigenvalue weighted by molar-refractivity contribution is 9.10. The van der Waals surface area contributed by atoms with Gasteiger partial charge in [-0.3, -0.25) is 4.68 Å². The fourth-order valence-electron chi connectivity index (χ4n) is 2.26. The van der Waals surface area contributed by atoms with Gasteiger partial charge in [0.05, 0.1) is 22.0 Å². The van der Waals surface area contributed by atoms with E-state index in [1.807, 2.05) is 28.9 Å². The second kappa shape index (κ2) is 7.09. The van der Waals surface area contributed by atoms with E-state index in [0.29, 0.717) is 12.4 Å². The first-order chi connectivity index (χ1) is 10.1. The Morgan fingerprint density at radius 3 is 2.67 bits per heavy atom. The van der Waals surface area contributed by atoms with E-state index in [1.54, 1.807) is 6.92 Å². The topological polar surface area (TPSA) is 47.3 Å². The average molecular weight is 353 g/mol. The van der Waals surface area contributed by atoms with Crippen molar-refractivity contribution in [1.82, 2.24) is 9.78 Å². The summed E-state index contributed by atoms with van der Waals surface area (Å²) in [6, 6.07) is 7.56. The number of aromatic nitrogens is 2. The SMILES string of the molecule is CCc1nn(CC)c(COc2ccccc2[C@@H](C)O)c1Br. The van der Waals surface area contributed by atoms with E-state index in [4.69, 9.17) is 4.74 Å². The molecular formula is C16H21BrN2O2. The van der Waals surface area contributed by atoms with E-state index in [0.717, 1.165) is 34.4 Å². The molecule has 0 aliphatic carbocycles. The van der Waals surface area contributed by atoms with Gasteiger partial charge in [0.2, 0.25) is 0 Å². The minimum absolute atomic E-state index is 0.422. The van der Waals surface area contributed by atoms with Gasteiger partial charge >= 0.3 is 0 Å². The quantitative estimate of drug-likeness (QED) is 0.858. The lowest BCUT2D eigenvalue weighted by Gasteiger charge is -2.14. The first kappa shape index (κ1) is 16.0. The average Bonchev–Trinajstić information content (AvgIpc) is 2.80. The maximum Gasteiger partial charge on any atom is 0.131 e. The number of aliphatic hydroxyl groups is 1. The zero-order chi connectivity index (χ0) is 15.4. The largest absolute Gasteiger partial charge is 0.487 e. The fourth-order valence-corrected chi connectivity index (χ4v) is 2.94.